The van der Waals surface area contributed by atoms with Gasteiger partial charge in [0.1, 0.15) is 6.61 Å². The van der Waals surface area contributed by atoms with Crippen molar-refractivity contribution in [2.75, 3.05) is 33.4 Å². The molecule has 0 aromatic carbocycles. The fourth-order valence-corrected chi connectivity index (χ4v) is 1.92. The van der Waals surface area contributed by atoms with E-state index in [1.54, 1.807) is 4.90 Å². The van der Waals surface area contributed by atoms with Crippen LogP contribution in [0.3, 0.4) is 0 Å². The van der Waals surface area contributed by atoms with Crippen molar-refractivity contribution in [1.82, 2.24) is 4.90 Å². The number of Topliss-reactive ketones (excluding diaryl/α,β-unsaturated/α-hetero) is 1. The van der Waals surface area contributed by atoms with E-state index >= 15 is 0 Å². The van der Waals surface area contributed by atoms with Crippen molar-refractivity contribution in [2.45, 2.75) is 19.0 Å². The zero-order chi connectivity index (χ0) is 12.2. The smallest absolute Gasteiger partial charge is 0.377 e. The van der Waals surface area contributed by atoms with Gasteiger partial charge in [-0.25, -0.2) is 0 Å². The summed E-state index contributed by atoms with van der Waals surface area (Å²) >= 11 is 0. The second-order valence-electron chi connectivity index (χ2n) is 4.09. The Morgan fingerprint density at radius 2 is 2.19 bits per heavy atom. The van der Waals surface area contributed by atoms with Crippen molar-refractivity contribution in [2.24, 2.45) is 5.92 Å². The minimum absolute atomic E-state index is 0.0345. The summed E-state index contributed by atoms with van der Waals surface area (Å²) in [5, 5.41) is 0. The molecule has 1 fully saturated rings. The fraction of sp³-hybridized carbons (Fsp3) is 0.900. The average molecular weight is 239 g/mol. The van der Waals surface area contributed by atoms with Gasteiger partial charge in [0.2, 0.25) is 0 Å². The molecule has 1 aliphatic heterocycles. The Morgan fingerprint density at radius 3 is 2.75 bits per heavy atom. The van der Waals surface area contributed by atoms with Gasteiger partial charge in [-0.1, -0.05) is 0 Å². The predicted octanol–water partition coefficient (Wildman–Crippen LogP) is 1.48. The number of ketones is 1. The molecule has 94 valence electrons. The van der Waals surface area contributed by atoms with Crippen LogP contribution in [0.1, 0.15) is 12.8 Å². The molecule has 0 aliphatic carbocycles. The summed E-state index contributed by atoms with van der Waals surface area (Å²) in [5.74, 6) is -1.47. The van der Waals surface area contributed by atoms with Crippen LogP contribution in [0.5, 0.6) is 0 Å². The van der Waals surface area contributed by atoms with Gasteiger partial charge >= 0.3 is 6.18 Å². The summed E-state index contributed by atoms with van der Waals surface area (Å²) in [7, 11) is 1.40. The van der Waals surface area contributed by atoms with Gasteiger partial charge in [0, 0.05) is 13.7 Å². The number of rotatable bonds is 4. The number of methoxy groups -OCH3 is 1. The summed E-state index contributed by atoms with van der Waals surface area (Å²) in [6, 6.07) is 0. The van der Waals surface area contributed by atoms with Crippen LogP contribution in [-0.4, -0.2) is 50.2 Å². The Hall–Kier alpha value is -0.620. The highest BCUT2D eigenvalue weighted by atomic mass is 19.4. The molecule has 1 saturated heterocycles. The molecular formula is C10H16F3NO2. The minimum Gasteiger partial charge on any atom is -0.377 e. The van der Waals surface area contributed by atoms with Crippen molar-refractivity contribution < 1.29 is 22.7 Å². The van der Waals surface area contributed by atoms with E-state index in [1.807, 2.05) is 0 Å². The van der Waals surface area contributed by atoms with E-state index in [9.17, 15) is 18.0 Å². The van der Waals surface area contributed by atoms with Gasteiger partial charge in [-0.05, 0) is 19.4 Å². The number of alkyl halides is 3. The Balaban J connectivity index is 2.42. The third-order valence-electron chi connectivity index (χ3n) is 2.67. The highest BCUT2D eigenvalue weighted by Gasteiger charge is 2.41. The quantitative estimate of drug-likeness (QED) is 0.744. The SMILES string of the molecule is COCC(=O)CN1CCCC(C(F)(F)F)C1. The third-order valence-corrected chi connectivity index (χ3v) is 2.67. The number of hydrogen-bond acceptors (Lipinski definition) is 3. The lowest BCUT2D eigenvalue weighted by Crippen LogP contribution is -2.44. The van der Waals surface area contributed by atoms with Crippen LogP contribution < -0.4 is 0 Å². The molecular weight excluding hydrogens is 223 g/mol. The minimum atomic E-state index is -4.15. The maximum atomic E-state index is 12.5. The largest absolute Gasteiger partial charge is 0.393 e. The van der Waals surface area contributed by atoms with E-state index in [4.69, 9.17) is 0 Å². The summed E-state index contributed by atoms with van der Waals surface area (Å²) in [6.07, 6.45) is -3.49. The number of likely N-dealkylation sites (tertiary alicyclic amines) is 1. The summed E-state index contributed by atoms with van der Waals surface area (Å²) in [4.78, 5) is 12.8. The zero-order valence-corrected chi connectivity index (χ0v) is 9.22. The first kappa shape index (κ1) is 13.4. The summed E-state index contributed by atoms with van der Waals surface area (Å²) in [6.45, 7) is 0.509. The van der Waals surface area contributed by atoms with Crippen LogP contribution in [0.2, 0.25) is 0 Å². The van der Waals surface area contributed by atoms with Crippen LogP contribution >= 0.6 is 0 Å². The number of piperidine rings is 1. The highest BCUT2D eigenvalue weighted by Crippen LogP contribution is 2.32. The van der Waals surface area contributed by atoms with Crippen molar-refractivity contribution >= 4 is 5.78 Å². The molecule has 1 unspecified atom stereocenters. The van der Waals surface area contributed by atoms with Gasteiger partial charge in [0.05, 0.1) is 12.5 Å². The molecule has 6 heteroatoms. The highest BCUT2D eigenvalue weighted by molar-refractivity contribution is 5.81. The average Bonchev–Trinajstić information content (AvgIpc) is 2.17. The molecule has 1 atom stereocenters. The maximum Gasteiger partial charge on any atom is 0.393 e. The van der Waals surface area contributed by atoms with Crippen molar-refractivity contribution in [1.29, 1.82) is 0 Å². The van der Waals surface area contributed by atoms with Gasteiger partial charge in [0.25, 0.3) is 0 Å². The van der Waals surface area contributed by atoms with Gasteiger partial charge in [-0.15, -0.1) is 0 Å². The van der Waals surface area contributed by atoms with Crippen LogP contribution in [0.4, 0.5) is 13.2 Å². The lowest BCUT2D eigenvalue weighted by Gasteiger charge is -2.33. The van der Waals surface area contributed by atoms with Crippen molar-refractivity contribution in [3.8, 4) is 0 Å². The van der Waals surface area contributed by atoms with Crippen LogP contribution in [0.25, 0.3) is 0 Å². The predicted molar refractivity (Wildman–Crippen MR) is 52.1 cm³/mol. The van der Waals surface area contributed by atoms with Gasteiger partial charge in [-0.3, -0.25) is 9.69 Å². The van der Waals surface area contributed by atoms with Gasteiger partial charge in [0.15, 0.2) is 5.78 Å². The number of ether oxygens (including phenoxy) is 1. The normalized spacial score (nSPS) is 23.4. The molecule has 0 N–H and O–H groups in total. The Labute approximate surface area is 92.5 Å². The standard InChI is InChI=1S/C10H16F3NO2/c1-16-7-9(15)6-14-4-2-3-8(5-14)10(11,12)13/h8H,2-7H2,1H3. The van der Waals surface area contributed by atoms with E-state index in [1.165, 1.54) is 7.11 Å². The third kappa shape index (κ3) is 4.09. The molecule has 1 aliphatic rings. The monoisotopic (exact) mass is 239 g/mol. The molecule has 0 saturated carbocycles. The van der Waals surface area contributed by atoms with E-state index in [2.05, 4.69) is 4.74 Å². The Bertz CT molecular complexity index is 243. The lowest BCUT2D eigenvalue weighted by atomic mass is 9.97. The molecule has 0 aromatic rings. The second-order valence-corrected chi connectivity index (χ2v) is 4.09. The first-order valence-electron chi connectivity index (χ1n) is 5.23. The topological polar surface area (TPSA) is 29.5 Å². The van der Waals surface area contributed by atoms with Crippen LogP contribution in [0, 0.1) is 5.92 Å². The Kier molecular flexibility index (Phi) is 4.73. The van der Waals surface area contributed by atoms with Crippen LogP contribution in [0.15, 0.2) is 0 Å². The van der Waals surface area contributed by atoms with E-state index in [-0.39, 0.29) is 31.9 Å². The molecule has 3 nitrogen and oxygen atoms in total. The molecule has 16 heavy (non-hydrogen) atoms. The molecule has 1 rings (SSSR count). The number of hydrogen-bond donors (Lipinski definition) is 0. The van der Waals surface area contributed by atoms with E-state index in [0.717, 1.165) is 0 Å². The molecule has 0 radical (unpaired) electrons. The summed E-state index contributed by atoms with van der Waals surface area (Å²) in [5.41, 5.74) is 0. The number of carbonyl (C=O) groups is 1. The molecule has 1 heterocycles. The second kappa shape index (κ2) is 5.63. The zero-order valence-electron chi connectivity index (χ0n) is 9.22. The summed E-state index contributed by atoms with van der Waals surface area (Å²) < 4.78 is 42.0. The number of carbonyl (C=O) groups excluding carboxylic acids is 1. The van der Waals surface area contributed by atoms with E-state index < -0.39 is 12.1 Å². The number of halogens is 3. The fourth-order valence-electron chi connectivity index (χ4n) is 1.92. The van der Waals surface area contributed by atoms with Crippen molar-refractivity contribution in [3.05, 3.63) is 0 Å². The molecule has 0 aromatic heterocycles. The lowest BCUT2D eigenvalue weighted by molar-refractivity contribution is -0.187. The van der Waals surface area contributed by atoms with Gasteiger partial charge < -0.3 is 4.74 Å². The van der Waals surface area contributed by atoms with Gasteiger partial charge in [-0.2, -0.15) is 13.2 Å². The van der Waals surface area contributed by atoms with Crippen molar-refractivity contribution in [3.63, 3.8) is 0 Å². The maximum absolute atomic E-state index is 12.5. The number of nitrogens with zero attached hydrogens (tertiary/aromatic N) is 1. The molecule has 0 spiro atoms. The first-order valence-corrected chi connectivity index (χ1v) is 5.23. The van der Waals surface area contributed by atoms with Crippen LogP contribution in [-0.2, 0) is 9.53 Å². The van der Waals surface area contributed by atoms with E-state index in [0.29, 0.717) is 13.0 Å². The molecule has 0 amide bonds. The first-order chi connectivity index (χ1) is 7.43. The Morgan fingerprint density at radius 1 is 1.50 bits per heavy atom. The molecule has 0 bridgehead atoms.